The zero-order valence-electron chi connectivity index (χ0n) is 15.9. The molecule has 0 saturated carbocycles. The van der Waals surface area contributed by atoms with Crippen LogP contribution in [0, 0.1) is 0 Å². The molecule has 0 aromatic heterocycles. The van der Waals surface area contributed by atoms with Crippen molar-refractivity contribution < 1.29 is 35.3 Å². The molecule has 0 fully saturated rings. The van der Waals surface area contributed by atoms with Gasteiger partial charge in [0.05, 0.1) is 13.5 Å². The second-order valence-corrected chi connectivity index (χ2v) is 7.97. The highest BCUT2D eigenvalue weighted by Crippen LogP contribution is 2.32. The molecule has 0 unspecified atom stereocenters. The molecule has 0 atom stereocenters. The monoisotopic (exact) mass is 431 g/mol. The summed E-state index contributed by atoms with van der Waals surface area (Å²) >= 11 is 0. The molecule has 0 bridgehead atoms. The lowest BCUT2D eigenvalue weighted by atomic mass is 9.97. The third kappa shape index (κ3) is 5.86. The molecular formula is C19H20F3NO5S. The Balaban J connectivity index is 2.49. The van der Waals surface area contributed by atoms with E-state index in [0.717, 1.165) is 12.1 Å². The number of ether oxygens (including phenoxy) is 1. The van der Waals surface area contributed by atoms with Crippen LogP contribution in [0.5, 0.6) is 11.5 Å². The lowest BCUT2D eigenvalue weighted by Gasteiger charge is -2.15. The molecule has 29 heavy (non-hydrogen) atoms. The summed E-state index contributed by atoms with van der Waals surface area (Å²) in [5.74, 6) is -0.374. The predicted octanol–water partition coefficient (Wildman–Crippen LogP) is 3.66. The normalized spacial score (nSPS) is 12.0. The third-order valence-electron chi connectivity index (χ3n) is 3.75. The highest BCUT2D eigenvalue weighted by molar-refractivity contribution is 7.88. The summed E-state index contributed by atoms with van der Waals surface area (Å²) in [6, 6.07) is 10.3. The van der Waals surface area contributed by atoms with Crippen LogP contribution in [0.15, 0.2) is 42.5 Å². The van der Waals surface area contributed by atoms with Crippen molar-refractivity contribution in [1.82, 2.24) is 5.32 Å². The van der Waals surface area contributed by atoms with E-state index in [1.165, 1.54) is 13.2 Å². The quantitative estimate of drug-likeness (QED) is 0.535. The smallest absolute Gasteiger partial charge is 0.497 e. The molecule has 6 nitrogen and oxygen atoms in total. The van der Waals surface area contributed by atoms with Gasteiger partial charge in [-0.2, -0.15) is 21.6 Å². The van der Waals surface area contributed by atoms with E-state index in [2.05, 4.69) is 9.50 Å². The van der Waals surface area contributed by atoms with E-state index in [4.69, 9.17) is 4.74 Å². The van der Waals surface area contributed by atoms with Gasteiger partial charge in [0, 0.05) is 6.04 Å². The number of halogens is 3. The van der Waals surface area contributed by atoms with Gasteiger partial charge in [0.1, 0.15) is 11.5 Å². The van der Waals surface area contributed by atoms with Crippen LogP contribution in [0.3, 0.4) is 0 Å². The molecule has 0 aliphatic carbocycles. The Kier molecular flexibility index (Phi) is 6.78. The second-order valence-electron chi connectivity index (χ2n) is 6.43. The van der Waals surface area contributed by atoms with Crippen molar-refractivity contribution in [2.24, 2.45) is 0 Å². The number of nitrogens with one attached hydrogen (secondary N) is 1. The average Bonchev–Trinajstić information content (AvgIpc) is 2.60. The minimum absolute atomic E-state index is 0.146. The number of benzene rings is 2. The van der Waals surface area contributed by atoms with Crippen molar-refractivity contribution in [1.29, 1.82) is 0 Å². The minimum atomic E-state index is -5.82. The summed E-state index contributed by atoms with van der Waals surface area (Å²) in [6.07, 6.45) is -0.187. The zero-order valence-corrected chi connectivity index (χ0v) is 16.7. The first kappa shape index (κ1) is 22.5. The molecule has 1 amide bonds. The molecule has 2 aromatic rings. The highest BCUT2D eigenvalue weighted by Gasteiger charge is 2.48. The summed E-state index contributed by atoms with van der Waals surface area (Å²) < 4.78 is 69.8. The van der Waals surface area contributed by atoms with Gasteiger partial charge in [0.2, 0.25) is 5.91 Å². The van der Waals surface area contributed by atoms with Gasteiger partial charge >= 0.3 is 15.6 Å². The minimum Gasteiger partial charge on any atom is -0.497 e. The van der Waals surface area contributed by atoms with Gasteiger partial charge in [-0.25, -0.2) is 0 Å². The van der Waals surface area contributed by atoms with E-state index in [0.29, 0.717) is 22.4 Å². The van der Waals surface area contributed by atoms with Gasteiger partial charge in [-0.1, -0.05) is 18.2 Å². The number of carbonyl (C=O) groups is 1. The summed E-state index contributed by atoms with van der Waals surface area (Å²) in [5.41, 5.74) is -4.10. The van der Waals surface area contributed by atoms with E-state index in [1.807, 2.05) is 0 Å². The van der Waals surface area contributed by atoms with E-state index < -0.39 is 21.4 Å². The van der Waals surface area contributed by atoms with Crippen molar-refractivity contribution in [3.8, 4) is 22.6 Å². The number of amides is 1. The van der Waals surface area contributed by atoms with E-state index >= 15 is 0 Å². The Hall–Kier alpha value is -2.75. The van der Waals surface area contributed by atoms with E-state index in [9.17, 15) is 26.4 Å². The van der Waals surface area contributed by atoms with Crippen molar-refractivity contribution in [2.75, 3.05) is 7.11 Å². The van der Waals surface area contributed by atoms with Crippen molar-refractivity contribution >= 4 is 16.0 Å². The lowest BCUT2D eigenvalue weighted by molar-refractivity contribution is -0.120. The molecule has 10 heteroatoms. The molecule has 1 N–H and O–H groups in total. The SMILES string of the molecule is COc1cccc(-c2ccc(OS(=O)(=O)C(F)(F)F)cc2CC(=O)NC(C)C)c1. The summed E-state index contributed by atoms with van der Waals surface area (Å²) in [5, 5.41) is 2.68. The standard InChI is InChI=1S/C19H20F3NO5S/c1-12(2)23-18(24)11-14-10-16(28-29(25,26)19(20,21)22)7-8-17(14)13-5-4-6-15(9-13)27-3/h4-10,12H,11H2,1-3H3,(H,23,24). The fourth-order valence-corrected chi connectivity index (χ4v) is 3.01. The van der Waals surface area contributed by atoms with Crippen molar-refractivity contribution in [3.05, 3.63) is 48.0 Å². The van der Waals surface area contributed by atoms with Crippen molar-refractivity contribution in [2.45, 2.75) is 31.8 Å². The number of methoxy groups -OCH3 is 1. The Morgan fingerprint density at radius 3 is 2.38 bits per heavy atom. The Morgan fingerprint density at radius 1 is 1.10 bits per heavy atom. The highest BCUT2D eigenvalue weighted by atomic mass is 32.2. The maximum absolute atomic E-state index is 12.6. The molecule has 0 spiro atoms. The van der Waals surface area contributed by atoms with E-state index in [-0.39, 0.29) is 18.4 Å². The first-order valence-electron chi connectivity index (χ1n) is 8.50. The van der Waals surface area contributed by atoms with Crippen LogP contribution >= 0.6 is 0 Å². The van der Waals surface area contributed by atoms with Crippen molar-refractivity contribution in [3.63, 3.8) is 0 Å². The molecule has 0 saturated heterocycles. The van der Waals surface area contributed by atoms with Gasteiger partial charge in [-0.3, -0.25) is 4.79 Å². The zero-order chi connectivity index (χ0) is 21.8. The van der Waals surface area contributed by atoms with Crippen LogP contribution in [0.1, 0.15) is 19.4 Å². The number of carbonyl (C=O) groups excluding carboxylic acids is 1. The maximum Gasteiger partial charge on any atom is 0.534 e. The first-order chi connectivity index (χ1) is 13.4. The molecule has 158 valence electrons. The average molecular weight is 431 g/mol. The largest absolute Gasteiger partial charge is 0.534 e. The predicted molar refractivity (Wildman–Crippen MR) is 101 cm³/mol. The van der Waals surface area contributed by atoms with Gasteiger partial charge in [0.25, 0.3) is 0 Å². The van der Waals surface area contributed by atoms with Gasteiger partial charge in [-0.05, 0) is 54.8 Å². The van der Waals surface area contributed by atoms with Crippen LogP contribution in [-0.4, -0.2) is 33.0 Å². The topological polar surface area (TPSA) is 81.7 Å². The summed E-state index contributed by atoms with van der Waals surface area (Å²) in [6.45, 7) is 3.52. The van der Waals surface area contributed by atoms with Gasteiger partial charge in [-0.15, -0.1) is 0 Å². The molecule has 0 radical (unpaired) electrons. The molecule has 0 heterocycles. The Labute approximate surface area is 166 Å². The molecule has 0 aliphatic rings. The van der Waals surface area contributed by atoms with Crippen LogP contribution in [-0.2, 0) is 21.3 Å². The summed E-state index contributed by atoms with van der Waals surface area (Å²) in [7, 11) is -4.34. The second kappa shape index (κ2) is 8.73. The summed E-state index contributed by atoms with van der Waals surface area (Å²) in [4.78, 5) is 12.2. The number of hydrogen-bond acceptors (Lipinski definition) is 5. The molecule has 0 aliphatic heterocycles. The molecule has 2 rings (SSSR count). The first-order valence-corrected chi connectivity index (χ1v) is 9.91. The molecular weight excluding hydrogens is 411 g/mol. The number of hydrogen-bond donors (Lipinski definition) is 1. The number of rotatable bonds is 7. The fourth-order valence-electron chi connectivity index (χ4n) is 2.56. The Bertz CT molecular complexity index is 988. The number of alkyl halides is 3. The molecule has 2 aromatic carbocycles. The van der Waals surface area contributed by atoms with Crippen LogP contribution in [0.25, 0.3) is 11.1 Å². The Morgan fingerprint density at radius 2 is 1.79 bits per heavy atom. The maximum atomic E-state index is 12.6. The van der Waals surface area contributed by atoms with Gasteiger partial charge < -0.3 is 14.2 Å². The van der Waals surface area contributed by atoms with Crippen LogP contribution in [0.2, 0.25) is 0 Å². The fraction of sp³-hybridized carbons (Fsp3) is 0.316. The van der Waals surface area contributed by atoms with E-state index in [1.54, 1.807) is 38.1 Å². The third-order valence-corrected chi connectivity index (χ3v) is 4.73. The van der Waals surface area contributed by atoms with Crippen LogP contribution < -0.4 is 14.2 Å². The lowest BCUT2D eigenvalue weighted by Crippen LogP contribution is -2.31. The van der Waals surface area contributed by atoms with Crippen LogP contribution in [0.4, 0.5) is 13.2 Å². The van der Waals surface area contributed by atoms with Gasteiger partial charge in [0.15, 0.2) is 0 Å².